The van der Waals surface area contributed by atoms with Crippen LogP contribution in [0.2, 0.25) is 0 Å². The zero-order valence-corrected chi connectivity index (χ0v) is 18.4. The van der Waals surface area contributed by atoms with Crippen LogP contribution in [0.25, 0.3) is 11.2 Å². The second-order valence-electron chi connectivity index (χ2n) is 7.71. The zero-order valence-electron chi connectivity index (χ0n) is 17.6. The van der Waals surface area contributed by atoms with E-state index in [9.17, 15) is 12.8 Å². The maximum atomic E-state index is 14.4. The van der Waals surface area contributed by atoms with Gasteiger partial charge in [0.2, 0.25) is 16.0 Å². The van der Waals surface area contributed by atoms with Gasteiger partial charge in [-0.15, -0.1) is 10.2 Å². The Labute approximate surface area is 185 Å². The lowest BCUT2D eigenvalue weighted by Crippen LogP contribution is -2.35. The number of rotatable bonds is 6. The minimum atomic E-state index is -3.22. The second-order valence-corrected chi connectivity index (χ2v) is 9.97. The quantitative estimate of drug-likeness (QED) is 0.605. The summed E-state index contributed by atoms with van der Waals surface area (Å²) in [5.74, 6) is 1.03. The average Bonchev–Trinajstić information content (AvgIpc) is 3.48. The van der Waals surface area contributed by atoms with E-state index in [-0.39, 0.29) is 18.1 Å². The molecule has 2 aliphatic rings. The van der Waals surface area contributed by atoms with Crippen LogP contribution in [0.5, 0.6) is 5.75 Å². The van der Waals surface area contributed by atoms with Gasteiger partial charge in [-0.3, -0.25) is 4.40 Å². The van der Waals surface area contributed by atoms with Crippen LogP contribution in [0.3, 0.4) is 0 Å². The Morgan fingerprint density at radius 3 is 2.94 bits per heavy atom. The summed E-state index contributed by atoms with van der Waals surface area (Å²) in [6.07, 6.45) is 6.41. The predicted molar refractivity (Wildman–Crippen MR) is 117 cm³/mol. The largest absolute Gasteiger partial charge is 0.493 e. The van der Waals surface area contributed by atoms with Crippen molar-refractivity contribution in [1.29, 1.82) is 0 Å². The van der Waals surface area contributed by atoms with Crippen LogP contribution in [-0.2, 0) is 23.0 Å². The Bertz CT molecular complexity index is 1320. The first kappa shape index (κ1) is 20.8. The lowest BCUT2D eigenvalue weighted by molar-refractivity contribution is 0.356. The maximum Gasteiger partial charge on any atom is 0.214 e. The van der Waals surface area contributed by atoms with Gasteiger partial charge in [0.25, 0.3) is 0 Å². The molecule has 2 aromatic heterocycles. The van der Waals surface area contributed by atoms with Crippen molar-refractivity contribution in [3.63, 3.8) is 0 Å². The lowest BCUT2D eigenvalue weighted by atomic mass is 10.0. The Kier molecular flexibility index (Phi) is 5.30. The minimum Gasteiger partial charge on any atom is -0.493 e. The Balaban J connectivity index is 1.40. The van der Waals surface area contributed by atoms with E-state index in [1.54, 1.807) is 29.9 Å². The number of anilines is 1. The van der Waals surface area contributed by atoms with E-state index in [1.807, 2.05) is 6.08 Å². The van der Waals surface area contributed by atoms with E-state index < -0.39 is 10.0 Å². The number of benzene rings is 1. The molecule has 0 amide bonds. The summed E-state index contributed by atoms with van der Waals surface area (Å²) >= 11 is 0. The molecule has 32 heavy (non-hydrogen) atoms. The molecule has 1 N–H and O–H groups in total. The maximum absolute atomic E-state index is 14.4. The van der Waals surface area contributed by atoms with Gasteiger partial charge >= 0.3 is 0 Å². The summed E-state index contributed by atoms with van der Waals surface area (Å²) in [5, 5.41) is 11.5. The molecule has 0 radical (unpaired) electrons. The summed E-state index contributed by atoms with van der Waals surface area (Å²) < 4.78 is 47.4. The topological polar surface area (TPSA) is 102 Å². The van der Waals surface area contributed by atoms with Gasteiger partial charge in [0.15, 0.2) is 5.65 Å². The first-order valence-electron chi connectivity index (χ1n) is 10.5. The third-order valence-corrected chi connectivity index (χ3v) is 7.82. The molecule has 0 bridgehead atoms. The molecule has 11 heteroatoms. The molecule has 9 nitrogen and oxygen atoms in total. The van der Waals surface area contributed by atoms with Crippen LogP contribution in [0.4, 0.5) is 10.3 Å². The molecule has 5 rings (SSSR count). The third-order valence-electron chi connectivity index (χ3n) is 5.97. The standard InChI is InChI=1S/C21H23FN6O3S/c1-2-32(29,30)27-8-5-14(6-9-27)16-11-23-21(28-13-25-26-20(16)28)24-12-17-15-7-10-31-19(15)4-3-18(17)22/h3-5,11,13H,2,6-10,12H2,1H3,(H,23,24). The molecule has 168 valence electrons. The number of hydrogen-bond acceptors (Lipinski definition) is 7. The molecule has 2 aliphatic heterocycles. The van der Waals surface area contributed by atoms with Gasteiger partial charge < -0.3 is 10.1 Å². The van der Waals surface area contributed by atoms with Crippen LogP contribution in [-0.4, -0.2) is 57.8 Å². The molecule has 0 spiro atoms. The fraction of sp³-hybridized carbons (Fsp3) is 0.381. The fourth-order valence-electron chi connectivity index (χ4n) is 4.18. The number of halogens is 1. The predicted octanol–water partition coefficient (Wildman–Crippen LogP) is 2.25. The summed E-state index contributed by atoms with van der Waals surface area (Å²) in [6.45, 7) is 3.20. The SMILES string of the molecule is CCS(=O)(=O)N1CC=C(c2cnc(NCc3c(F)ccc4c3CCO4)n3cnnc23)CC1. The number of nitrogens with one attached hydrogen (secondary N) is 1. The van der Waals surface area contributed by atoms with Gasteiger partial charge in [0, 0.05) is 48.9 Å². The van der Waals surface area contributed by atoms with Crippen molar-refractivity contribution >= 4 is 27.2 Å². The van der Waals surface area contributed by atoms with Gasteiger partial charge in [0.05, 0.1) is 12.4 Å². The number of nitrogens with zero attached hydrogens (tertiary/aromatic N) is 5. The van der Waals surface area contributed by atoms with E-state index in [1.165, 1.54) is 10.4 Å². The molecule has 0 aliphatic carbocycles. The number of hydrogen-bond donors (Lipinski definition) is 1. The molecule has 4 heterocycles. The molecule has 0 saturated heterocycles. The van der Waals surface area contributed by atoms with Crippen molar-refractivity contribution < 1.29 is 17.5 Å². The van der Waals surface area contributed by atoms with Crippen LogP contribution >= 0.6 is 0 Å². The molecular weight excluding hydrogens is 435 g/mol. The van der Waals surface area contributed by atoms with E-state index in [2.05, 4.69) is 20.5 Å². The highest BCUT2D eigenvalue weighted by Crippen LogP contribution is 2.31. The smallest absolute Gasteiger partial charge is 0.214 e. The van der Waals surface area contributed by atoms with E-state index in [4.69, 9.17) is 4.74 Å². The lowest BCUT2D eigenvalue weighted by Gasteiger charge is -2.25. The van der Waals surface area contributed by atoms with Gasteiger partial charge in [0.1, 0.15) is 17.9 Å². The summed E-state index contributed by atoms with van der Waals surface area (Å²) in [4.78, 5) is 4.52. The van der Waals surface area contributed by atoms with Crippen molar-refractivity contribution in [1.82, 2.24) is 23.9 Å². The van der Waals surface area contributed by atoms with E-state index >= 15 is 0 Å². The molecule has 0 unspecified atom stereocenters. The van der Waals surface area contributed by atoms with Gasteiger partial charge in [-0.05, 0) is 31.1 Å². The molecule has 0 fully saturated rings. The highest BCUT2D eigenvalue weighted by atomic mass is 32.2. The zero-order chi connectivity index (χ0) is 22.3. The average molecular weight is 459 g/mol. The number of fused-ring (bicyclic) bond motifs is 2. The normalized spacial score (nSPS) is 16.6. The third kappa shape index (κ3) is 3.61. The van der Waals surface area contributed by atoms with Crippen LogP contribution in [0.1, 0.15) is 30.0 Å². The van der Waals surface area contributed by atoms with Crippen LogP contribution in [0.15, 0.2) is 30.7 Å². The molecule has 1 aromatic carbocycles. The summed E-state index contributed by atoms with van der Waals surface area (Å²) in [6, 6.07) is 3.08. The number of aromatic nitrogens is 4. The van der Waals surface area contributed by atoms with Gasteiger partial charge in [-0.1, -0.05) is 6.08 Å². The Hall–Kier alpha value is -3.05. The Morgan fingerprint density at radius 2 is 2.16 bits per heavy atom. The van der Waals surface area contributed by atoms with Gasteiger partial charge in [-0.25, -0.2) is 17.8 Å². The Morgan fingerprint density at radius 1 is 1.28 bits per heavy atom. The van der Waals surface area contributed by atoms with E-state index in [0.717, 1.165) is 22.4 Å². The number of sulfonamides is 1. The van der Waals surface area contributed by atoms with Crippen LogP contribution in [0, 0.1) is 5.82 Å². The molecule has 3 aromatic rings. The summed E-state index contributed by atoms with van der Waals surface area (Å²) in [7, 11) is -3.22. The molecular formula is C21H23FN6O3S. The van der Waals surface area contributed by atoms with Crippen LogP contribution < -0.4 is 10.1 Å². The van der Waals surface area contributed by atoms with Crippen molar-refractivity contribution in [3.8, 4) is 5.75 Å². The van der Waals surface area contributed by atoms with E-state index in [0.29, 0.717) is 49.7 Å². The monoisotopic (exact) mass is 458 g/mol. The highest BCUT2D eigenvalue weighted by Gasteiger charge is 2.24. The van der Waals surface area contributed by atoms with Crippen molar-refractivity contribution in [3.05, 3.63) is 53.2 Å². The van der Waals surface area contributed by atoms with Crippen molar-refractivity contribution in [2.45, 2.75) is 26.3 Å². The highest BCUT2D eigenvalue weighted by molar-refractivity contribution is 7.89. The van der Waals surface area contributed by atoms with Gasteiger partial charge in [-0.2, -0.15) is 4.31 Å². The molecule has 0 saturated carbocycles. The molecule has 0 atom stereocenters. The summed E-state index contributed by atoms with van der Waals surface area (Å²) in [5.41, 5.74) is 3.85. The first-order chi connectivity index (χ1) is 15.5. The number of ether oxygens (including phenoxy) is 1. The van der Waals surface area contributed by atoms with Crippen molar-refractivity contribution in [2.24, 2.45) is 0 Å². The fourth-order valence-corrected chi connectivity index (χ4v) is 5.22. The van der Waals surface area contributed by atoms with Crippen molar-refractivity contribution in [2.75, 3.05) is 30.8 Å². The second kappa shape index (κ2) is 8.14. The minimum absolute atomic E-state index is 0.0872. The first-order valence-corrected chi connectivity index (χ1v) is 12.1.